The maximum atomic E-state index is 11.9. The SMILES string of the molecule is C=Cc1ccc(OCC2CN(C(=O)OC(C)(C)C)C2)c(OCC)c1. The van der Waals surface area contributed by atoms with Crippen LogP contribution in [0.25, 0.3) is 6.08 Å². The molecule has 0 spiro atoms. The van der Waals surface area contributed by atoms with Crippen LogP contribution in [0.2, 0.25) is 0 Å². The predicted molar refractivity (Wildman–Crippen MR) is 94.5 cm³/mol. The third-order valence-corrected chi connectivity index (χ3v) is 3.59. The average Bonchev–Trinajstić information content (AvgIpc) is 2.45. The van der Waals surface area contributed by atoms with Crippen LogP contribution >= 0.6 is 0 Å². The van der Waals surface area contributed by atoms with Crippen LogP contribution in [-0.4, -0.2) is 42.9 Å². The van der Waals surface area contributed by atoms with Crippen LogP contribution in [-0.2, 0) is 4.74 Å². The van der Waals surface area contributed by atoms with Gasteiger partial charge in [0, 0.05) is 19.0 Å². The van der Waals surface area contributed by atoms with Gasteiger partial charge in [0.15, 0.2) is 11.5 Å². The Bertz CT molecular complexity index is 586. The quantitative estimate of drug-likeness (QED) is 0.790. The van der Waals surface area contributed by atoms with Crippen LogP contribution < -0.4 is 9.47 Å². The molecule has 0 aliphatic carbocycles. The van der Waals surface area contributed by atoms with Gasteiger partial charge in [-0.1, -0.05) is 18.7 Å². The van der Waals surface area contributed by atoms with E-state index in [0.717, 1.165) is 17.1 Å². The molecule has 1 aromatic rings. The second-order valence-corrected chi connectivity index (χ2v) is 6.91. The van der Waals surface area contributed by atoms with Crippen molar-refractivity contribution in [2.45, 2.75) is 33.3 Å². The van der Waals surface area contributed by atoms with Crippen molar-refractivity contribution < 1.29 is 19.0 Å². The molecule has 0 radical (unpaired) electrons. The third kappa shape index (κ3) is 4.91. The molecule has 1 saturated heterocycles. The van der Waals surface area contributed by atoms with Crippen LogP contribution in [0.3, 0.4) is 0 Å². The van der Waals surface area contributed by atoms with E-state index >= 15 is 0 Å². The summed E-state index contributed by atoms with van der Waals surface area (Å²) in [6, 6.07) is 5.75. The first-order valence-corrected chi connectivity index (χ1v) is 8.32. The van der Waals surface area contributed by atoms with Gasteiger partial charge in [0.2, 0.25) is 0 Å². The fourth-order valence-electron chi connectivity index (χ4n) is 2.40. The van der Waals surface area contributed by atoms with Crippen LogP contribution in [0.4, 0.5) is 4.79 Å². The topological polar surface area (TPSA) is 48.0 Å². The lowest BCUT2D eigenvalue weighted by Gasteiger charge is -2.39. The van der Waals surface area contributed by atoms with Gasteiger partial charge in [-0.05, 0) is 45.4 Å². The van der Waals surface area contributed by atoms with Gasteiger partial charge in [0.1, 0.15) is 5.60 Å². The normalized spacial score (nSPS) is 14.8. The molecule has 2 rings (SSSR count). The second-order valence-electron chi connectivity index (χ2n) is 6.91. The number of benzene rings is 1. The summed E-state index contributed by atoms with van der Waals surface area (Å²) in [6.45, 7) is 13.7. The fraction of sp³-hybridized carbons (Fsp3) is 0.526. The Labute approximate surface area is 144 Å². The molecule has 1 aromatic carbocycles. The number of nitrogens with zero attached hydrogens (tertiary/aromatic N) is 1. The number of amides is 1. The van der Waals surface area contributed by atoms with E-state index in [1.165, 1.54) is 0 Å². The molecule has 132 valence electrons. The molecule has 1 aliphatic rings. The molecule has 5 heteroatoms. The number of ether oxygens (including phenoxy) is 3. The Balaban J connectivity index is 1.83. The van der Waals surface area contributed by atoms with Crippen LogP contribution in [0.5, 0.6) is 11.5 Å². The first kappa shape index (κ1) is 18.2. The Morgan fingerprint density at radius 1 is 1.29 bits per heavy atom. The highest BCUT2D eigenvalue weighted by Crippen LogP contribution is 2.30. The number of hydrogen-bond donors (Lipinski definition) is 0. The van der Waals surface area contributed by atoms with Gasteiger partial charge < -0.3 is 19.1 Å². The van der Waals surface area contributed by atoms with E-state index in [0.29, 0.717) is 32.2 Å². The molecule has 0 unspecified atom stereocenters. The van der Waals surface area contributed by atoms with Crippen molar-refractivity contribution in [3.63, 3.8) is 0 Å². The van der Waals surface area contributed by atoms with Gasteiger partial charge >= 0.3 is 6.09 Å². The van der Waals surface area contributed by atoms with Crippen molar-refractivity contribution >= 4 is 12.2 Å². The van der Waals surface area contributed by atoms with Gasteiger partial charge in [0.05, 0.1) is 13.2 Å². The van der Waals surface area contributed by atoms with Gasteiger partial charge in [-0.2, -0.15) is 0 Å². The number of rotatable bonds is 6. The lowest BCUT2D eigenvalue weighted by molar-refractivity contribution is -0.00799. The standard InChI is InChI=1S/C19H27NO4/c1-6-14-8-9-16(17(10-14)22-7-2)23-13-15-11-20(12-15)18(21)24-19(3,4)5/h6,8-10,15H,1,7,11-13H2,2-5H3. The Morgan fingerprint density at radius 2 is 2.00 bits per heavy atom. The van der Waals surface area contributed by atoms with Gasteiger partial charge in [-0.15, -0.1) is 0 Å². The molecule has 0 bridgehead atoms. The van der Waals surface area contributed by atoms with Crippen molar-refractivity contribution in [1.29, 1.82) is 0 Å². The molecule has 24 heavy (non-hydrogen) atoms. The third-order valence-electron chi connectivity index (χ3n) is 3.59. The number of carbonyl (C=O) groups excluding carboxylic acids is 1. The van der Waals surface area contributed by atoms with E-state index in [9.17, 15) is 4.79 Å². The van der Waals surface area contributed by atoms with Gasteiger partial charge in [-0.25, -0.2) is 4.79 Å². The molecule has 0 N–H and O–H groups in total. The lowest BCUT2D eigenvalue weighted by Crippen LogP contribution is -2.53. The second kappa shape index (κ2) is 7.60. The summed E-state index contributed by atoms with van der Waals surface area (Å²) in [5, 5.41) is 0. The Kier molecular flexibility index (Phi) is 5.75. The van der Waals surface area contributed by atoms with Crippen LogP contribution in [0.15, 0.2) is 24.8 Å². The summed E-state index contributed by atoms with van der Waals surface area (Å²) >= 11 is 0. The molecular weight excluding hydrogens is 306 g/mol. The number of hydrogen-bond acceptors (Lipinski definition) is 4. The van der Waals surface area contributed by atoms with Crippen molar-refractivity contribution in [3.8, 4) is 11.5 Å². The van der Waals surface area contributed by atoms with E-state index in [4.69, 9.17) is 14.2 Å². The van der Waals surface area contributed by atoms with Gasteiger partial charge in [-0.3, -0.25) is 0 Å². The maximum Gasteiger partial charge on any atom is 0.410 e. The summed E-state index contributed by atoms with van der Waals surface area (Å²) in [5.74, 6) is 1.75. The minimum absolute atomic E-state index is 0.260. The smallest absolute Gasteiger partial charge is 0.410 e. The fourth-order valence-corrected chi connectivity index (χ4v) is 2.40. The monoisotopic (exact) mass is 333 g/mol. The van der Waals surface area contributed by atoms with Gasteiger partial charge in [0.25, 0.3) is 0 Å². The van der Waals surface area contributed by atoms with E-state index in [-0.39, 0.29) is 6.09 Å². The summed E-state index contributed by atoms with van der Waals surface area (Å²) in [6.07, 6.45) is 1.51. The van der Waals surface area contributed by atoms with Crippen molar-refractivity contribution in [2.24, 2.45) is 5.92 Å². The molecule has 1 amide bonds. The zero-order chi connectivity index (χ0) is 17.7. The molecule has 1 aliphatic heterocycles. The molecule has 5 nitrogen and oxygen atoms in total. The summed E-state index contributed by atoms with van der Waals surface area (Å²) < 4.78 is 16.9. The zero-order valence-corrected chi connectivity index (χ0v) is 15.0. The van der Waals surface area contributed by atoms with Crippen molar-refractivity contribution in [1.82, 2.24) is 4.90 Å². The minimum atomic E-state index is -0.460. The largest absolute Gasteiger partial charge is 0.490 e. The molecule has 0 saturated carbocycles. The zero-order valence-electron chi connectivity index (χ0n) is 15.0. The average molecular weight is 333 g/mol. The first-order chi connectivity index (χ1) is 11.3. The lowest BCUT2D eigenvalue weighted by atomic mass is 10.0. The first-order valence-electron chi connectivity index (χ1n) is 8.32. The van der Waals surface area contributed by atoms with Crippen molar-refractivity contribution in [3.05, 3.63) is 30.3 Å². The summed E-state index contributed by atoms with van der Waals surface area (Å²) in [7, 11) is 0. The van der Waals surface area contributed by atoms with E-state index < -0.39 is 5.60 Å². The van der Waals surface area contributed by atoms with Crippen LogP contribution in [0.1, 0.15) is 33.3 Å². The Morgan fingerprint density at radius 3 is 2.58 bits per heavy atom. The highest BCUT2D eigenvalue weighted by molar-refractivity contribution is 5.69. The van der Waals surface area contributed by atoms with Crippen molar-refractivity contribution in [2.75, 3.05) is 26.3 Å². The highest BCUT2D eigenvalue weighted by atomic mass is 16.6. The summed E-state index contributed by atoms with van der Waals surface area (Å²) in [5.41, 5.74) is 0.531. The highest BCUT2D eigenvalue weighted by Gasteiger charge is 2.34. The maximum absolute atomic E-state index is 11.9. The molecular formula is C19H27NO4. The van der Waals surface area contributed by atoms with E-state index in [2.05, 4.69) is 6.58 Å². The molecule has 0 atom stereocenters. The van der Waals surface area contributed by atoms with Crippen LogP contribution in [0, 0.1) is 5.92 Å². The molecule has 1 fully saturated rings. The molecule has 0 aromatic heterocycles. The number of carbonyl (C=O) groups is 1. The number of likely N-dealkylation sites (tertiary alicyclic amines) is 1. The predicted octanol–water partition coefficient (Wildman–Crippen LogP) is 3.97. The Hall–Kier alpha value is -2.17. The summed E-state index contributed by atoms with van der Waals surface area (Å²) in [4.78, 5) is 13.6. The van der Waals surface area contributed by atoms with E-state index in [1.54, 1.807) is 11.0 Å². The molecule has 1 heterocycles. The van der Waals surface area contributed by atoms with E-state index in [1.807, 2.05) is 45.9 Å². The minimum Gasteiger partial charge on any atom is -0.490 e.